The number of ether oxygens (including phenoxy) is 1. The van der Waals surface area contributed by atoms with Crippen molar-refractivity contribution in [2.24, 2.45) is 0 Å². The summed E-state index contributed by atoms with van der Waals surface area (Å²) < 4.78 is 5.25. The lowest BCUT2D eigenvalue weighted by Gasteiger charge is -2.13. The maximum Gasteiger partial charge on any atom is 0.159 e. The minimum atomic E-state index is 0.113. The highest BCUT2D eigenvalue weighted by Crippen LogP contribution is 2.21. The molecular weight excluding hydrogens is 188 g/mol. The summed E-state index contributed by atoms with van der Waals surface area (Å²) in [7, 11) is 0. The smallest absolute Gasteiger partial charge is 0.159 e. The summed E-state index contributed by atoms with van der Waals surface area (Å²) in [5.41, 5.74) is 3.28. The van der Waals surface area contributed by atoms with E-state index < -0.39 is 0 Å². The summed E-state index contributed by atoms with van der Waals surface area (Å²) in [5.74, 6) is 0.113. The van der Waals surface area contributed by atoms with E-state index in [-0.39, 0.29) is 5.78 Å². The molecule has 0 atom stereocenters. The van der Waals surface area contributed by atoms with Crippen molar-refractivity contribution in [3.63, 3.8) is 0 Å². The van der Waals surface area contributed by atoms with Gasteiger partial charge in [-0.05, 0) is 24.5 Å². The normalized spacial score (nSPS) is 15.9. The van der Waals surface area contributed by atoms with Crippen LogP contribution in [0.2, 0.25) is 0 Å². The molecule has 0 aliphatic carbocycles. The lowest BCUT2D eigenvalue weighted by Crippen LogP contribution is -2.03. The Labute approximate surface area is 89.6 Å². The molecule has 0 N–H and O–H groups in total. The van der Waals surface area contributed by atoms with Gasteiger partial charge in [-0.25, -0.2) is 0 Å². The second-order valence-corrected chi connectivity index (χ2v) is 3.69. The maximum atomic E-state index is 11.1. The largest absolute Gasteiger partial charge is 0.377 e. The fourth-order valence-electron chi connectivity index (χ4n) is 1.71. The zero-order chi connectivity index (χ0) is 10.7. The number of hydrogen-bond donors (Lipinski definition) is 0. The first-order valence-electron chi connectivity index (χ1n) is 5.15. The molecule has 0 aromatic heterocycles. The molecule has 0 fully saturated rings. The van der Waals surface area contributed by atoms with Gasteiger partial charge in [0.1, 0.15) is 0 Å². The van der Waals surface area contributed by atoms with Crippen LogP contribution in [0.1, 0.15) is 29.3 Å². The molecule has 0 amide bonds. The molecule has 0 radical (unpaired) electrons. The summed E-state index contributed by atoms with van der Waals surface area (Å²) in [6.07, 6.45) is 3.06. The molecule has 0 spiro atoms. The van der Waals surface area contributed by atoms with E-state index >= 15 is 0 Å². The highest BCUT2D eigenvalue weighted by atomic mass is 16.5. The van der Waals surface area contributed by atoms with Crippen LogP contribution >= 0.6 is 0 Å². The zero-order valence-corrected chi connectivity index (χ0v) is 8.82. The van der Waals surface area contributed by atoms with Gasteiger partial charge in [-0.1, -0.05) is 30.3 Å². The number of Topliss-reactive ketones (excluding diaryl/α,β-unsaturated/α-hetero) is 1. The van der Waals surface area contributed by atoms with Gasteiger partial charge in [-0.2, -0.15) is 0 Å². The van der Waals surface area contributed by atoms with Crippen LogP contribution < -0.4 is 0 Å². The van der Waals surface area contributed by atoms with E-state index in [4.69, 9.17) is 4.74 Å². The maximum absolute atomic E-state index is 11.1. The first-order chi connectivity index (χ1) is 7.27. The molecule has 0 saturated carbocycles. The topological polar surface area (TPSA) is 26.3 Å². The quantitative estimate of drug-likeness (QED) is 0.689. The Hall–Kier alpha value is -1.41. The van der Waals surface area contributed by atoms with Gasteiger partial charge in [-0.3, -0.25) is 4.79 Å². The molecule has 0 bridgehead atoms. The third-order valence-corrected chi connectivity index (χ3v) is 2.63. The van der Waals surface area contributed by atoms with Crippen LogP contribution in [0.5, 0.6) is 0 Å². The molecule has 0 saturated heterocycles. The number of benzene rings is 1. The molecular formula is C13H14O2. The van der Waals surface area contributed by atoms with Gasteiger partial charge in [-0.15, -0.1) is 0 Å². The number of hydrogen-bond acceptors (Lipinski definition) is 2. The summed E-state index contributed by atoms with van der Waals surface area (Å²) in [6, 6.07) is 7.78. The second kappa shape index (κ2) is 4.41. The Bertz CT molecular complexity index is 388. The second-order valence-electron chi connectivity index (χ2n) is 3.69. The lowest BCUT2D eigenvalue weighted by molar-refractivity contribution is 0.101. The Morgan fingerprint density at radius 3 is 2.53 bits per heavy atom. The molecule has 1 aromatic carbocycles. The van der Waals surface area contributed by atoms with Crippen LogP contribution in [0.25, 0.3) is 5.57 Å². The van der Waals surface area contributed by atoms with Gasteiger partial charge in [0.25, 0.3) is 0 Å². The molecule has 0 unspecified atom stereocenters. The molecule has 1 aromatic rings. The van der Waals surface area contributed by atoms with Crippen LogP contribution in [-0.2, 0) is 4.74 Å². The average Bonchev–Trinajstić information content (AvgIpc) is 2.30. The van der Waals surface area contributed by atoms with Crippen molar-refractivity contribution >= 4 is 11.4 Å². The number of ketones is 1. The van der Waals surface area contributed by atoms with E-state index in [1.807, 2.05) is 24.3 Å². The minimum Gasteiger partial charge on any atom is -0.377 e. The van der Waals surface area contributed by atoms with Gasteiger partial charge in [0.2, 0.25) is 0 Å². The fraction of sp³-hybridized carbons (Fsp3) is 0.308. The van der Waals surface area contributed by atoms with Gasteiger partial charge in [0.15, 0.2) is 5.78 Å². The van der Waals surface area contributed by atoms with Gasteiger partial charge in [0.05, 0.1) is 13.2 Å². The molecule has 2 nitrogen and oxygen atoms in total. The van der Waals surface area contributed by atoms with Crippen molar-refractivity contribution in [1.29, 1.82) is 0 Å². The average molecular weight is 202 g/mol. The van der Waals surface area contributed by atoms with Crippen LogP contribution in [0, 0.1) is 0 Å². The van der Waals surface area contributed by atoms with E-state index in [1.165, 1.54) is 11.1 Å². The fourth-order valence-corrected chi connectivity index (χ4v) is 1.71. The van der Waals surface area contributed by atoms with Crippen molar-refractivity contribution in [3.8, 4) is 0 Å². The van der Waals surface area contributed by atoms with E-state index in [9.17, 15) is 4.79 Å². The van der Waals surface area contributed by atoms with Crippen molar-refractivity contribution in [2.45, 2.75) is 13.3 Å². The standard InChI is InChI=1S/C13H14O2/c1-10(14)11-2-4-12(5-3-11)13-6-8-15-9-7-13/h2-6H,7-9H2,1H3. The van der Waals surface area contributed by atoms with Crippen molar-refractivity contribution < 1.29 is 9.53 Å². The van der Waals surface area contributed by atoms with Crippen LogP contribution in [0.3, 0.4) is 0 Å². The highest BCUT2D eigenvalue weighted by Gasteiger charge is 2.06. The SMILES string of the molecule is CC(=O)c1ccc(C2=CCOCC2)cc1. The lowest BCUT2D eigenvalue weighted by atomic mass is 9.99. The predicted molar refractivity (Wildman–Crippen MR) is 59.9 cm³/mol. The summed E-state index contributed by atoms with van der Waals surface area (Å²) in [6.45, 7) is 3.08. The van der Waals surface area contributed by atoms with Crippen LogP contribution in [-0.4, -0.2) is 19.0 Å². The van der Waals surface area contributed by atoms with Gasteiger partial charge < -0.3 is 4.74 Å². The highest BCUT2D eigenvalue weighted by molar-refractivity contribution is 5.94. The summed E-state index contributed by atoms with van der Waals surface area (Å²) >= 11 is 0. The summed E-state index contributed by atoms with van der Waals surface area (Å²) in [5, 5.41) is 0. The molecule has 1 aliphatic heterocycles. The zero-order valence-electron chi connectivity index (χ0n) is 8.82. The molecule has 2 heteroatoms. The first-order valence-corrected chi connectivity index (χ1v) is 5.15. The monoisotopic (exact) mass is 202 g/mol. The Balaban J connectivity index is 2.23. The van der Waals surface area contributed by atoms with Gasteiger partial charge in [0, 0.05) is 5.56 Å². The molecule has 1 heterocycles. The van der Waals surface area contributed by atoms with Crippen LogP contribution in [0.15, 0.2) is 30.3 Å². The van der Waals surface area contributed by atoms with E-state index in [2.05, 4.69) is 6.08 Å². The number of carbonyl (C=O) groups is 1. The Morgan fingerprint density at radius 2 is 2.00 bits per heavy atom. The van der Waals surface area contributed by atoms with E-state index in [1.54, 1.807) is 6.92 Å². The molecule has 1 aliphatic rings. The first kappa shape index (κ1) is 10.1. The number of rotatable bonds is 2. The summed E-state index contributed by atoms with van der Waals surface area (Å²) in [4.78, 5) is 11.1. The molecule has 15 heavy (non-hydrogen) atoms. The van der Waals surface area contributed by atoms with Crippen LogP contribution in [0.4, 0.5) is 0 Å². The third-order valence-electron chi connectivity index (χ3n) is 2.63. The van der Waals surface area contributed by atoms with Gasteiger partial charge >= 0.3 is 0 Å². The predicted octanol–water partition coefficient (Wildman–Crippen LogP) is 2.69. The minimum absolute atomic E-state index is 0.113. The third kappa shape index (κ3) is 2.34. The molecule has 78 valence electrons. The van der Waals surface area contributed by atoms with Crippen molar-refractivity contribution in [1.82, 2.24) is 0 Å². The van der Waals surface area contributed by atoms with E-state index in [0.29, 0.717) is 6.61 Å². The molecule has 2 rings (SSSR count). The Morgan fingerprint density at radius 1 is 1.27 bits per heavy atom. The van der Waals surface area contributed by atoms with Crippen molar-refractivity contribution in [2.75, 3.05) is 13.2 Å². The Kier molecular flexibility index (Phi) is 2.97. The number of carbonyl (C=O) groups excluding carboxylic acids is 1. The van der Waals surface area contributed by atoms with Crippen molar-refractivity contribution in [3.05, 3.63) is 41.5 Å². The van der Waals surface area contributed by atoms with E-state index in [0.717, 1.165) is 18.6 Å².